The van der Waals surface area contributed by atoms with Crippen molar-refractivity contribution in [1.29, 1.82) is 0 Å². The Balaban J connectivity index is 1.10. The molecule has 6 heteroatoms. The van der Waals surface area contributed by atoms with Gasteiger partial charge < -0.3 is 15.0 Å². The number of nitrogens with one attached hydrogen (secondary N) is 1. The highest BCUT2D eigenvalue weighted by atomic mass is 32.2. The van der Waals surface area contributed by atoms with Crippen LogP contribution in [0.1, 0.15) is 50.1 Å². The van der Waals surface area contributed by atoms with E-state index in [1.165, 1.54) is 47.6 Å². The number of carbonyl (C=O) groups excluding carboxylic acids is 1. The molecule has 2 aromatic rings. The quantitative estimate of drug-likeness (QED) is 0.562. The number of rotatable bonds is 7. The Morgan fingerprint density at radius 1 is 1.03 bits per heavy atom. The van der Waals surface area contributed by atoms with Crippen molar-refractivity contribution >= 4 is 23.4 Å². The summed E-state index contributed by atoms with van der Waals surface area (Å²) >= 11 is 1.99. The first-order chi connectivity index (χ1) is 17.2. The third kappa shape index (κ3) is 5.97. The van der Waals surface area contributed by atoms with Crippen molar-refractivity contribution in [1.82, 2.24) is 10.2 Å². The van der Waals surface area contributed by atoms with Crippen LogP contribution in [0, 0.1) is 11.8 Å². The number of nitrogens with zero attached hydrogens (tertiary/aromatic N) is 2. The molecule has 2 fully saturated rings. The maximum Gasteiger partial charge on any atom is 0.220 e. The molecule has 0 bridgehead atoms. The van der Waals surface area contributed by atoms with Crippen LogP contribution in [-0.4, -0.2) is 56.4 Å². The normalized spacial score (nSPS) is 24.7. The van der Waals surface area contributed by atoms with Crippen LogP contribution >= 0.6 is 11.8 Å². The summed E-state index contributed by atoms with van der Waals surface area (Å²) in [7, 11) is 1.70. The number of ether oxygens (including phenoxy) is 1. The molecule has 3 aliphatic rings. The van der Waals surface area contributed by atoms with Crippen LogP contribution < -0.4 is 15.0 Å². The van der Waals surface area contributed by atoms with Gasteiger partial charge in [0.15, 0.2) is 0 Å². The second kappa shape index (κ2) is 11.7. The van der Waals surface area contributed by atoms with Crippen molar-refractivity contribution in [2.24, 2.45) is 11.8 Å². The molecular weight excluding hydrogens is 454 g/mol. The van der Waals surface area contributed by atoms with Gasteiger partial charge in [0.2, 0.25) is 5.91 Å². The van der Waals surface area contributed by atoms with Crippen molar-refractivity contribution in [3.63, 3.8) is 0 Å². The Morgan fingerprint density at radius 3 is 2.60 bits per heavy atom. The zero-order valence-electron chi connectivity index (χ0n) is 21.0. The number of fused-ring (bicyclic) bond motifs is 2. The predicted molar refractivity (Wildman–Crippen MR) is 144 cm³/mol. The van der Waals surface area contributed by atoms with E-state index in [0.29, 0.717) is 18.3 Å². The minimum atomic E-state index is 0.173. The average Bonchev–Trinajstić information content (AvgIpc) is 3.06. The smallest absolute Gasteiger partial charge is 0.220 e. The maximum atomic E-state index is 13.1. The van der Waals surface area contributed by atoms with Crippen LogP contribution in [0.3, 0.4) is 0 Å². The molecule has 35 heavy (non-hydrogen) atoms. The number of amides is 1. The van der Waals surface area contributed by atoms with Gasteiger partial charge in [-0.05, 0) is 73.5 Å². The summed E-state index contributed by atoms with van der Waals surface area (Å²) in [6, 6.07) is 17.3. The Hall–Kier alpha value is -2.18. The van der Waals surface area contributed by atoms with Gasteiger partial charge in [0.1, 0.15) is 5.75 Å². The fourth-order valence-corrected chi connectivity index (χ4v) is 7.44. The molecule has 0 spiro atoms. The number of anilines is 1. The topological polar surface area (TPSA) is 44.8 Å². The first-order valence-corrected chi connectivity index (χ1v) is 14.3. The number of thioether (sulfide) groups is 1. The number of benzene rings is 2. The lowest BCUT2D eigenvalue weighted by atomic mass is 9.74. The highest BCUT2D eigenvalue weighted by molar-refractivity contribution is 7.99. The van der Waals surface area contributed by atoms with Crippen molar-refractivity contribution in [2.75, 3.05) is 50.5 Å². The first-order valence-electron chi connectivity index (χ1n) is 13.3. The molecule has 1 aliphatic carbocycles. The Kier molecular flexibility index (Phi) is 8.20. The van der Waals surface area contributed by atoms with Crippen molar-refractivity contribution in [3.05, 3.63) is 54.1 Å². The zero-order valence-corrected chi connectivity index (χ0v) is 21.8. The average molecular weight is 494 g/mol. The van der Waals surface area contributed by atoms with Crippen LogP contribution in [0.2, 0.25) is 0 Å². The summed E-state index contributed by atoms with van der Waals surface area (Å²) in [5.74, 6) is 3.60. The van der Waals surface area contributed by atoms with Crippen molar-refractivity contribution < 1.29 is 9.53 Å². The molecule has 3 atom stereocenters. The highest BCUT2D eigenvalue weighted by Crippen LogP contribution is 2.46. The van der Waals surface area contributed by atoms with E-state index in [2.05, 4.69) is 51.5 Å². The molecular formula is C29H39N3O2S. The summed E-state index contributed by atoms with van der Waals surface area (Å²) in [5, 5.41) is 3.50. The molecule has 1 saturated heterocycles. The molecule has 188 valence electrons. The van der Waals surface area contributed by atoms with E-state index in [9.17, 15) is 4.79 Å². The van der Waals surface area contributed by atoms with Gasteiger partial charge in [0.25, 0.3) is 0 Å². The third-order valence-electron chi connectivity index (χ3n) is 8.11. The van der Waals surface area contributed by atoms with E-state index in [0.717, 1.165) is 44.9 Å². The van der Waals surface area contributed by atoms with Gasteiger partial charge in [0, 0.05) is 48.9 Å². The molecule has 1 amide bonds. The van der Waals surface area contributed by atoms with Gasteiger partial charge in [0.05, 0.1) is 13.2 Å². The van der Waals surface area contributed by atoms with E-state index in [1.807, 2.05) is 23.9 Å². The number of hydrogen-bond donors (Lipinski definition) is 1. The van der Waals surface area contributed by atoms with Gasteiger partial charge in [-0.25, -0.2) is 0 Å². The molecule has 5 rings (SSSR count). The highest BCUT2D eigenvalue weighted by Gasteiger charge is 2.37. The van der Waals surface area contributed by atoms with Crippen molar-refractivity contribution in [3.8, 4) is 5.75 Å². The number of methoxy groups -OCH3 is 1. The van der Waals surface area contributed by atoms with E-state index in [-0.39, 0.29) is 11.9 Å². The summed E-state index contributed by atoms with van der Waals surface area (Å²) in [6.45, 7) is 5.14. The van der Waals surface area contributed by atoms with E-state index >= 15 is 0 Å². The molecule has 0 radical (unpaired) electrons. The molecule has 2 aromatic carbocycles. The maximum absolute atomic E-state index is 13.1. The minimum absolute atomic E-state index is 0.173. The summed E-state index contributed by atoms with van der Waals surface area (Å²) in [5.41, 5.74) is 2.60. The predicted octanol–water partition coefficient (Wildman–Crippen LogP) is 5.37. The Labute approximate surface area is 214 Å². The number of hydrogen-bond acceptors (Lipinski definition) is 5. The Bertz CT molecular complexity index is 974. The second-order valence-electron chi connectivity index (χ2n) is 10.2. The van der Waals surface area contributed by atoms with Gasteiger partial charge in [-0.3, -0.25) is 9.69 Å². The monoisotopic (exact) mass is 493 g/mol. The standard InChI is InChI=1S/C29H39N3O2S/c1-34-24-14-12-23(13-15-24)32-19-17-31(18-20-32)16-6-11-28(33)30-29-25-8-3-2-7-22(25)21-35-27-10-5-4-9-26(27)29/h4-5,9-10,12-15,22,25,29H,2-3,6-8,11,16-21H2,1H3,(H,30,33)/t22-,25+,29+/m0/s1. The number of carbonyl (C=O) groups is 1. The van der Waals surface area contributed by atoms with Gasteiger partial charge in [-0.2, -0.15) is 0 Å². The van der Waals surface area contributed by atoms with Gasteiger partial charge in [-0.1, -0.05) is 31.0 Å². The SMILES string of the molecule is COc1ccc(N2CCN(CCCC(=O)N[C@H]3c4ccccc4SC[C@@H]4CCCC[C@H]43)CC2)cc1. The summed E-state index contributed by atoms with van der Waals surface area (Å²) < 4.78 is 5.27. The van der Waals surface area contributed by atoms with E-state index in [4.69, 9.17) is 4.74 Å². The Morgan fingerprint density at radius 2 is 1.80 bits per heavy atom. The van der Waals surface area contributed by atoms with Gasteiger partial charge >= 0.3 is 0 Å². The minimum Gasteiger partial charge on any atom is -0.497 e. The van der Waals surface area contributed by atoms with Crippen LogP contribution in [0.5, 0.6) is 5.75 Å². The summed E-state index contributed by atoms with van der Waals surface area (Å²) in [4.78, 5) is 19.4. The van der Waals surface area contributed by atoms with Gasteiger partial charge in [-0.15, -0.1) is 11.8 Å². The van der Waals surface area contributed by atoms with Crippen LogP contribution in [-0.2, 0) is 4.79 Å². The summed E-state index contributed by atoms with van der Waals surface area (Å²) in [6.07, 6.45) is 6.71. The lowest BCUT2D eigenvalue weighted by molar-refractivity contribution is -0.122. The molecule has 5 nitrogen and oxygen atoms in total. The fourth-order valence-electron chi connectivity index (χ4n) is 6.09. The van der Waals surface area contributed by atoms with E-state index < -0.39 is 0 Å². The molecule has 2 aliphatic heterocycles. The molecule has 0 unspecified atom stereocenters. The largest absolute Gasteiger partial charge is 0.497 e. The number of piperazine rings is 1. The molecule has 2 heterocycles. The lowest BCUT2D eigenvalue weighted by Crippen LogP contribution is -2.46. The third-order valence-corrected chi connectivity index (χ3v) is 9.39. The van der Waals surface area contributed by atoms with Crippen LogP contribution in [0.4, 0.5) is 5.69 Å². The zero-order chi connectivity index (χ0) is 24.0. The van der Waals surface area contributed by atoms with Crippen LogP contribution in [0.25, 0.3) is 0 Å². The molecule has 0 aromatic heterocycles. The van der Waals surface area contributed by atoms with Crippen molar-refractivity contribution in [2.45, 2.75) is 49.5 Å². The fraction of sp³-hybridized carbons (Fsp3) is 0.552. The molecule has 1 saturated carbocycles. The second-order valence-corrected chi connectivity index (χ2v) is 11.3. The first kappa shape index (κ1) is 24.5. The molecule has 1 N–H and O–H groups in total. The van der Waals surface area contributed by atoms with Crippen LogP contribution in [0.15, 0.2) is 53.4 Å². The van der Waals surface area contributed by atoms with E-state index in [1.54, 1.807) is 7.11 Å². The lowest BCUT2D eigenvalue weighted by Gasteiger charge is -2.36.